The van der Waals surface area contributed by atoms with Crippen molar-refractivity contribution in [3.8, 4) is 11.1 Å². The average molecular weight is 1030 g/mol. The molecule has 13 rings (SSSR count). The summed E-state index contributed by atoms with van der Waals surface area (Å²) < 4.78 is 2.63. The van der Waals surface area contributed by atoms with Gasteiger partial charge in [-0.25, -0.2) is 0 Å². The lowest BCUT2D eigenvalue weighted by Gasteiger charge is -2.51. The molecular formula is C72H76BN3S. The van der Waals surface area contributed by atoms with E-state index in [0.29, 0.717) is 0 Å². The van der Waals surface area contributed by atoms with Crippen molar-refractivity contribution in [1.29, 1.82) is 0 Å². The van der Waals surface area contributed by atoms with Crippen molar-refractivity contribution in [2.24, 2.45) is 0 Å². The Morgan fingerprint density at radius 2 is 0.961 bits per heavy atom. The van der Waals surface area contributed by atoms with Gasteiger partial charge in [-0.05, 0) is 152 Å². The second-order valence-electron chi connectivity index (χ2n) is 27.8. The van der Waals surface area contributed by atoms with E-state index >= 15 is 0 Å². The Balaban J connectivity index is 1.21. The summed E-state index contributed by atoms with van der Waals surface area (Å²) in [4.78, 5) is 8.29. The van der Waals surface area contributed by atoms with E-state index in [-0.39, 0.29) is 39.3 Å². The number of hydrogen-bond acceptors (Lipinski definition) is 4. The van der Waals surface area contributed by atoms with Crippen LogP contribution < -0.4 is 31.1 Å². The molecule has 0 saturated heterocycles. The van der Waals surface area contributed by atoms with Crippen molar-refractivity contribution in [3.05, 3.63) is 186 Å². The zero-order valence-corrected chi connectivity index (χ0v) is 49.0. The van der Waals surface area contributed by atoms with Crippen LogP contribution >= 0.6 is 11.3 Å². The van der Waals surface area contributed by atoms with Crippen molar-refractivity contribution >= 4 is 100 Å². The van der Waals surface area contributed by atoms with E-state index in [0.717, 1.165) is 6.42 Å². The second kappa shape index (κ2) is 17.0. The lowest BCUT2D eigenvalue weighted by molar-refractivity contribution is 0.195. The van der Waals surface area contributed by atoms with Gasteiger partial charge in [0, 0.05) is 65.3 Å². The van der Waals surface area contributed by atoms with E-state index < -0.39 is 0 Å². The van der Waals surface area contributed by atoms with Crippen LogP contribution in [0.2, 0.25) is 0 Å². The van der Waals surface area contributed by atoms with Crippen LogP contribution in [-0.2, 0) is 27.1 Å². The normalized spacial score (nSPS) is 19.1. The molecule has 1 aliphatic carbocycles. The Hall–Kier alpha value is -6.56. The predicted octanol–water partition coefficient (Wildman–Crippen LogP) is 18.7. The molecule has 1 saturated carbocycles. The lowest BCUT2D eigenvalue weighted by atomic mass is 9.33. The minimum Gasteiger partial charge on any atom is -0.334 e. The fourth-order valence-electron chi connectivity index (χ4n) is 14.2. The number of rotatable bonds is 4. The standard InChI is InChI=1S/C72H76BN3S/c1-67(2,3)46-31-35-56(52(39-46)45-23-16-15-17-24-45)74-59-41-48(69(7,8)9)29-33-54(59)73-55-34-30-49(70(10,11)12)42-60(55)75(58-26-22-28-64-65(58)51-25-18-19-27-63(51)77-64)62-44-50(43-61(74)66(62)73)76-57-36-32-47(68(4,5)6)40-53(57)71(13)37-20-21-38-72(71,76)14/h15-19,22-36,39-44H,20-21,37-38H2,1-14H3. The number of fused-ring (bicyclic) bond motifs is 10. The molecule has 0 radical (unpaired) electrons. The van der Waals surface area contributed by atoms with E-state index in [1.165, 1.54) is 140 Å². The summed E-state index contributed by atoms with van der Waals surface area (Å²) in [5.74, 6) is 0. The summed E-state index contributed by atoms with van der Waals surface area (Å²) in [6.45, 7) is 33.6. The quantitative estimate of drug-likeness (QED) is 0.163. The zero-order chi connectivity index (χ0) is 53.9. The van der Waals surface area contributed by atoms with Gasteiger partial charge in [-0.1, -0.05) is 200 Å². The topological polar surface area (TPSA) is 9.72 Å². The predicted molar refractivity (Wildman–Crippen MR) is 336 cm³/mol. The van der Waals surface area contributed by atoms with Crippen LogP contribution in [0.4, 0.5) is 45.5 Å². The van der Waals surface area contributed by atoms with Crippen molar-refractivity contribution in [2.75, 3.05) is 14.7 Å². The highest BCUT2D eigenvalue weighted by molar-refractivity contribution is 7.26. The smallest absolute Gasteiger partial charge is 0.252 e. The third kappa shape index (κ3) is 7.56. The highest BCUT2D eigenvalue weighted by Gasteiger charge is 2.58. The summed E-state index contributed by atoms with van der Waals surface area (Å²) in [5.41, 5.74) is 23.1. The van der Waals surface area contributed by atoms with Gasteiger partial charge in [0.05, 0.1) is 16.9 Å². The molecule has 8 aromatic carbocycles. The molecule has 3 aliphatic heterocycles. The number of nitrogens with zero attached hydrogens (tertiary/aromatic N) is 3. The molecule has 0 N–H and O–H groups in total. The molecule has 5 heteroatoms. The number of hydrogen-bond donors (Lipinski definition) is 0. The first-order valence-electron chi connectivity index (χ1n) is 28.6. The molecule has 9 aromatic rings. The van der Waals surface area contributed by atoms with Gasteiger partial charge in [0.15, 0.2) is 0 Å². The van der Waals surface area contributed by atoms with Gasteiger partial charge in [0.2, 0.25) is 0 Å². The molecule has 0 spiro atoms. The van der Waals surface area contributed by atoms with Gasteiger partial charge in [-0.2, -0.15) is 0 Å². The molecular weight excluding hydrogens is 950 g/mol. The van der Waals surface area contributed by atoms with Gasteiger partial charge < -0.3 is 14.7 Å². The maximum Gasteiger partial charge on any atom is 0.252 e. The number of benzene rings is 8. The van der Waals surface area contributed by atoms with Crippen LogP contribution in [0.15, 0.2) is 158 Å². The summed E-state index contributed by atoms with van der Waals surface area (Å²) >= 11 is 1.91. The molecule has 4 heterocycles. The van der Waals surface area contributed by atoms with Crippen LogP contribution in [-0.4, -0.2) is 12.3 Å². The van der Waals surface area contributed by atoms with Crippen LogP contribution in [0.25, 0.3) is 31.3 Å². The maximum atomic E-state index is 2.85. The Morgan fingerprint density at radius 1 is 0.442 bits per heavy atom. The summed E-state index contributed by atoms with van der Waals surface area (Å²) in [5, 5.41) is 2.63. The molecule has 77 heavy (non-hydrogen) atoms. The van der Waals surface area contributed by atoms with Crippen LogP contribution in [0.5, 0.6) is 0 Å². The van der Waals surface area contributed by atoms with Gasteiger partial charge in [0.25, 0.3) is 6.71 Å². The van der Waals surface area contributed by atoms with Crippen LogP contribution in [0, 0.1) is 0 Å². The molecule has 1 fully saturated rings. The Morgan fingerprint density at radius 3 is 1.58 bits per heavy atom. The summed E-state index contributed by atoms with van der Waals surface area (Å²) in [6, 6.07) is 62.5. The first-order valence-corrected chi connectivity index (χ1v) is 29.4. The van der Waals surface area contributed by atoms with Crippen molar-refractivity contribution in [1.82, 2.24) is 0 Å². The van der Waals surface area contributed by atoms with Crippen LogP contribution in [0.1, 0.15) is 150 Å². The van der Waals surface area contributed by atoms with E-state index in [2.05, 4.69) is 269 Å². The molecule has 388 valence electrons. The molecule has 0 amide bonds. The van der Waals surface area contributed by atoms with Crippen molar-refractivity contribution < 1.29 is 0 Å². The molecule has 1 aromatic heterocycles. The molecule has 4 aliphatic rings. The van der Waals surface area contributed by atoms with Gasteiger partial charge in [-0.3, -0.25) is 0 Å². The van der Waals surface area contributed by atoms with Gasteiger partial charge >= 0.3 is 0 Å². The lowest BCUT2D eigenvalue weighted by Crippen LogP contribution is -2.61. The molecule has 2 atom stereocenters. The Kier molecular flexibility index (Phi) is 11.0. The van der Waals surface area contributed by atoms with E-state index in [1.54, 1.807) is 0 Å². The SMILES string of the molecule is CC(C)(C)c1ccc(N2c3cc(C(C)(C)C)ccc3B3c4ccc(C(C)(C)C)cc4N(c4cccc5sc6ccccc6c45)c4cc(N5c6ccc(C(C)(C)C)cc6C6(C)CCCCC56C)cc2c43)c(-c2ccccc2)c1. The Bertz CT molecular complexity index is 3870. The monoisotopic (exact) mass is 1030 g/mol. The third-order valence-electron chi connectivity index (χ3n) is 18.8. The fourth-order valence-corrected chi connectivity index (χ4v) is 15.3. The first-order chi connectivity index (χ1) is 36.5. The van der Waals surface area contributed by atoms with E-state index in [4.69, 9.17) is 0 Å². The van der Waals surface area contributed by atoms with Crippen molar-refractivity contribution in [2.45, 2.75) is 155 Å². The third-order valence-corrected chi connectivity index (χ3v) is 20.0. The molecule has 0 bridgehead atoms. The highest BCUT2D eigenvalue weighted by atomic mass is 32.1. The van der Waals surface area contributed by atoms with Gasteiger partial charge in [-0.15, -0.1) is 11.3 Å². The summed E-state index contributed by atoms with van der Waals surface area (Å²) in [6.07, 6.45) is 4.73. The minimum atomic E-state index is -0.175. The highest BCUT2D eigenvalue weighted by Crippen LogP contribution is 2.63. The second-order valence-corrected chi connectivity index (χ2v) is 28.9. The molecule has 3 nitrogen and oxygen atoms in total. The minimum absolute atomic E-state index is 0.0281. The first kappa shape index (κ1) is 50.0. The maximum absolute atomic E-state index is 2.85. The largest absolute Gasteiger partial charge is 0.334 e. The van der Waals surface area contributed by atoms with E-state index in [9.17, 15) is 0 Å². The summed E-state index contributed by atoms with van der Waals surface area (Å²) in [7, 11) is 0. The number of anilines is 8. The van der Waals surface area contributed by atoms with Crippen molar-refractivity contribution in [3.63, 3.8) is 0 Å². The van der Waals surface area contributed by atoms with Crippen LogP contribution in [0.3, 0.4) is 0 Å². The van der Waals surface area contributed by atoms with E-state index in [1.807, 2.05) is 11.3 Å². The fraction of sp³-hybridized carbons (Fsp3) is 0.333. The Labute approximate surface area is 464 Å². The average Bonchev–Trinajstić information content (AvgIpc) is 4.04. The molecule has 2 unspecified atom stereocenters. The van der Waals surface area contributed by atoms with Gasteiger partial charge in [0.1, 0.15) is 0 Å². The number of thiophene rings is 1. The zero-order valence-electron chi connectivity index (χ0n) is 48.2.